The van der Waals surface area contributed by atoms with Crippen LogP contribution < -0.4 is 10.3 Å². The minimum absolute atomic E-state index is 0.0540. The molecule has 0 aliphatic carbocycles. The first-order valence-electron chi connectivity index (χ1n) is 10.9. The number of nitrogens with zero attached hydrogens (tertiary/aromatic N) is 3. The highest BCUT2D eigenvalue weighted by Gasteiger charge is 2.12. The van der Waals surface area contributed by atoms with Crippen molar-refractivity contribution in [1.29, 1.82) is 0 Å². The molecule has 0 N–H and O–H groups in total. The average molecular weight is 484 g/mol. The highest BCUT2D eigenvalue weighted by Crippen LogP contribution is 2.26. The van der Waals surface area contributed by atoms with Gasteiger partial charge in [-0.3, -0.25) is 4.79 Å². The van der Waals surface area contributed by atoms with Crippen LogP contribution >= 0.6 is 11.6 Å². The number of para-hydroxylation sites is 1. The third-order valence-corrected chi connectivity index (χ3v) is 5.70. The Labute approximate surface area is 205 Å². The fourth-order valence-corrected chi connectivity index (χ4v) is 3.86. The molecule has 0 aliphatic heterocycles. The highest BCUT2D eigenvalue weighted by molar-refractivity contribution is 6.32. The summed E-state index contributed by atoms with van der Waals surface area (Å²) in [6.07, 6.45) is 1.54. The Kier molecular flexibility index (Phi) is 6.37. The molecule has 35 heavy (non-hydrogen) atoms. The summed E-state index contributed by atoms with van der Waals surface area (Å²) in [5.74, 6) is 0.513. The number of benzene rings is 4. The average Bonchev–Trinajstić information content (AvgIpc) is 2.89. The first-order valence-corrected chi connectivity index (χ1v) is 11.3. The third kappa shape index (κ3) is 4.83. The summed E-state index contributed by atoms with van der Waals surface area (Å²) >= 11 is 6.39. The first kappa shape index (κ1) is 22.5. The molecule has 0 saturated heterocycles. The Morgan fingerprint density at radius 1 is 0.943 bits per heavy atom. The molecule has 0 unspecified atom stereocenters. The minimum Gasteiger partial charge on any atom is -0.487 e. The second-order valence-corrected chi connectivity index (χ2v) is 8.16. The molecular formula is C28H19ClFN3O2. The Hall–Kier alpha value is -4.29. The first-order chi connectivity index (χ1) is 17.1. The molecule has 1 aromatic heterocycles. The number of ether oxygens (including phenoxy) is 1. The largest absolute Gasteiger partial charge is 0.487 e. The van der Waals surface area contributed by atoms with E-state index < -0.39 is 0 Å². The molecule has 5 nitrogen and oxygen atoms in total. The van der Waals surface area contributed by atoms with Crippen LogP contribution in [0.15, 0.2) is 107 Å². The van der Waals surface area contributed by atoms with E-state index in [0.717, 1.165) is 5.56 Å². The molecule has 0 radical (unpaired) electrons. The van der Waals surface area contributed by atoms with Crippen LogP contribution in [0.4, 0.5) is 4.39 Å². The van der Waals surface area contributed by atoms with Gasteiger partial charge in [0.2, 0.25) is 0 Å². The SMILES string of the molecule is O=c1c2ccccc2nc(-c2ccccc2)n1N=Cc1ccc(OCc2ccccc2F)c(Cl)c1. The van der Waals surface area contributed by atoms with Gasteiger partial charge in [0.1, 0.15) is 18.2 Å². The van der Waals surface area contributed by atoms with Crippen molar-refractivity contribution in [3.8, 4) is 17.1 Å². The van der Waals surface area contributed by atoms with Crippen molar-refractivity contribution in [3.05, 3.63) is 129 Å². The van der Waals surface area contributed by atoms with Crippen LogP contribution in [0, 0.1) is 5.82 Å². The Morgan fingerprint density at radius 2 is 1.69 bits per heavy atom. The van der Waals surface area contributed by atoms with Crippen LogP contribution in [0.5, 0.6) is 5.75 Å². The molecular weight excluding hydrogens is 465 g/mol. The van der Waals surface area contributed by atoms with Crippen molar-refractivity contribution in [1.82, 2.24) is 9.66 Å². The van der Waals surface area contributed by atoms with E-state index in [2.05, 4.69) is 10.1 Å². The van der Waals surface area contributed by atoms with Crippen LogP contribution in [0.25, 0.3) is 22.3 Å². The molecule has 0 atom stereocenters. The maximum absolute atomic E-state index is 13.8. The maximum Gasteiger partial charge on any atom is 0.282 e. The molecule has 0 saturated carbocycles. The lowest BCUT2D eigenvalue weighted by Crippen LogP contribution is -2.20. The lowest BCUT2D eigenvalue weighted by Gasteiger charge is -2.10. The van der Waals surface area contributed by atoms with Crippen molar-refractivity contribution in [2.75, 3.05) is 0 Å². The van der Waals surface area contributed by atoms with Gasteiger partial charge in [0.05, 0.1) is 22.1 Å². The van der Waals surface area contributed by atoms with Gasteiger partial charge in [0.15, 0.2) is 5.82 Å². The zero-order valence-electron chi connectivity index (χ0n) is 18.4. The van der Waals surface area contributed by atoms with Gasteiger partial charge in [-0.2, -0.15) is 9.78 Å². The number of aromatic nitrogens is 2. The summed E-state index contributed by atoms with van der Waals surface area (Å²) in [6.45, 7) is 0.0540. The van der Waals surface area contributed by atoms with Crippen molar-refractivity contribution in [2.24, 2.45) is 5.10 Å². The van der Waals surface area contributed by atoms with E-state index >= 15 is 0 Å². The van der Waals surface area contributed by atoms with Gasteiger partial charge in [-0.25, -0.2) is 9.37 Å². The van der Waals surface area contributed by atoms with Crippen molar-refractivity contribution >= 4 is 28.7 Å². The molecule has 4 aromatic carbocycles. The zero-order valence-corrected chi connectivity index (χ0v) is 19.2. The van der Waals surface area contributed by atoms with Crippen LogP contribution in [0.2, 0.25) is 5.02 Å². The van der Waals surface area contributed by atoms with Crippen molar-refractivity contribution in [2.45, 2.75) is 6.61 Å². The highest BCUT2D eigenvalue weighted by atomic mass is 35.5. The molecule has 172 valence electrons. The van der Waals surface area contributed by atoms with E-state index in [-0.39, 0.29) is 18.0 Å². The van der Waals surface area contributed by atoms with E-state index in [1.54, 1.807) is 54.6 Å². The molecule has 0 spiro atoms. The second-order valence-electron chi connectivity index (χ2n) is 7.75. The number of fused-ring (bicyclic) bond motifs is 1. The van der Waals surface area contributed by atoms with Crippen LogP contribution in [-0.2, 0) is 6.61 Å². The van der Waals surface area contributed by atoms with E-state index in [4.69, 9.17) is 16.3 Å². The summed E-state index contributed by atoms with van der Waals surface area (Å²) in [5, 5.41) is 5.26. The van der Waals surface area contributed by atoms with E-state index in [1.807, 2.05) is 36.4 Å². The fraction of sp³-hybridized carbons (Fsp3) is 0.0357. The van der Waals surface area contributed by atoms with Gasteiger partial charge < -0.3 is 4.74 Å². The molecule has 7 heteroatoms. The van der Waals surface area contributed by atoms with Gasteiger partial charge in [-0.1, -0.05) is 72.3 Å². The second kappa shape index (κ2) is 9.91. The normalized spacial score (nSPS) is 11.3. The van der Waals surface area contributed by atoms with Gasteiger partial charge in [-0.15, -0.1) is 0 Å². The molecule has 0 fully saturated rings. The summed E-state index contributed by atoms with van der Waals surface area (Å²) in [4.78, 5) is 17.9. The molecule has 0 aliphatic rings. The summed E-state index contributed by atoms with van der Waals surface area (Å²) in [6, 6.07) is 28.1. The maximum atomic E-state index is 13.8. The number of hydrogen-bond acceptors (Lipinski definition) is 4. The minimum atomic E-state index is -0.337. The third-order valence-electron chi connectivity index (χ3n) is 5.41. The lowest BCUT2D eigenvalue weighted by atomic mass is 10.2. The number of hydrogen-bond donors (Lipinski definition) is 0. The Morgan fingerprint density at radius 3 is 2.49 bits per heavy atom. The standard InChI is InChI=1S/C28H19ClFN3O2/c29-23-16-19(14-15-26(23)35-18-21-10-4-6-12-24(21)30)17-31-33-27(20-8-2-1-3-9-20)32-25-13-7-5-11-22(25)28(33)34/h1-17H,18H2. The molecule has 5 rings (SSSR count). The van der Waals surface area contributed by atoms with Crippen molar-refractivity contribution < 1.29 is 9.13 Å². The van der Waals surface area contributed by atoms with Gasteiger partial charge in [-0.05, 0) is 42.0 Å². The van der Waals surface area contributed by atoms with Crippen LogP contribution in [0.1, 0.15) is 11.1 Å². The fourth-order valence-electron chi connectivity index (χ4n) is 3.61. The van der Waals surface area contributed by atoms with Gasteiger partial charge in [0, 0.05) is 11.1 Å². The smallest absolute Gasteiger partial charge is 0.282 e. The molecule has 0 bridgehead atoms. The number of halogens is 2. The topological polar surface area (TPSA) is 56.5 Å². The molecule has 0 amide bonds. The zero-order chi connectivity index (χ0) is 24.2. The van der Waals surface area contributed by atoms with Gasteiger partial charge >= 0.3 is 0 Å². The predicted molar refractivity (Wildman–Crippen MR) is 137 cm³/mol. The summed E-state index contributed by atoms with van der Waals surface area (Å²) < 4.78 is 20.8. The Bertz CT molecular complexity index is 1600. The lowest BCUT2D eigenvalue weighted by molar-refractivity contribution is 0.300. The van der Waals surface area contributed by atoms with E-state index in [9.17, 15) is 9.18 Å². The number of rotatable bonds is 6. The van der Waals surface area contributed by atoms with E-state index in [0.29, 0.717) is 38.6 Å². The van der Waals surface area contributed by atoms with Crippen LogP contribution in [-0.4, -0.2) is 15.9 Å². The Balaban J connectivity index is 1.46. The van der Waals surface area contributed by atoms with Gasteiger partial charge in [0.25, 0.3) is 5.56 Å². The molecule has 5 aromatic rings. The predicted octanol–water partition coefficient (Wildman–Crippen LogP) is 6.32. The van der Waals surface area contributed by atoms with E-state index in [1.165, 1.54) is 17.0 Å². The molecule has 1 heterocycles. The summed E-state index contributed by atoms with van der Waals surface area (Å²) in [5.41, 5.74) is 2.18. The quantitative estimate of drug-likeness (QED) is 0.266. The monoisotopic (exact) mass is 483 g/mol. The summed E-state index contributed by atoms with van der Waals surface area (Å²) in [7, 11) is 0. The van der Waals surface area contributed by atoms with Crippen LogP contribution in [0.3, 0.4) is 0 Å². The van der Waals surface area contributed by atoms with Crippen molar-refractivity contribution in [3.63, 3.8) is 0 Å².